The standard InChI is InChI=1S/C18H15N5OS.C18H14N4OS.ClH.H3NO/c1-11-10-25-18(20-11)23-17-8-13(6-7-14(17)9-19-23)16-5-3-4-15(21-16)12(2)22-24;1-11-10-24-18(20-11)22-17-8-13(6-7-14(17)9-19-22)16-5-3-4-15(21-16)12(2)23;;1-2/h3-10,24H,1-2H3;3-10H,1-2H3;1H;2H,1H2/b22-12-;;;. The van der Waals surface area contributed by atoms with Crippen LogP contribution < -0.4 is 5.90 Å². The smallest absolute Gasteiger partial charge is 0.211 e. The largest absolute Gasteiger partial charge is 0.411 e. The van der Waals surface area contributed by atoms with Gasteiger partial charge in [0, 0.05) is 39.6 Å². The number of hydrogen-bond acceptors (Lipinski definition) is 13. The molecule has 0 radical (unpaired) electrons. The Morgan fingerprint density at radius 3 is 1.58 bits per heavy atom. The lowest BCUT2D eigenvalue weighted by molar-refractivity contribution is 0.101. The third kappa shape index (κ3) is 7.93. The molecule has 6 heterocycles. The zero-order chi connectivity index (χ0) is 36.1. The van der Waals surface area contributed by atoms with E-state index in [0.29, 0.717) is 17.1 Å². The Hall–Kier alpha value is -5.71. The van der Waals surface area contributed by atoms with Crippen LogP contribution in [0.1, 0.15) is 41.4 Å². The number of fused-ring (bicyclic) bond motifs is 2. The summed E-state index contributed by atoms with van der Waals surface area (Å²) in [6.45, 7) is 7.18. The van der Waals surface area contributed by atoms with E-state index in [9.17, 15) is 4.79 Å². The third-order valence-electron chi connectivity index (χ3n) is 7.69. The van der Waals surface area contributed by atoms with Crippen molar-refractivity contribution in [3.05, 3.63) is 119 Å². The highest BCUT2D eigenvalue weighted by Gasteiger charge is 2.13. The van der Waals surface area contributed by atoms with Crippen molar-refractivity contribution in [1.29, 1.82) is 0 Å². The minimum absolute atomic E-state index is 0. The number of aryl methyl sites for hydroxylation is 2. The number of ketones is 1. The van der Waals surface area contributed by atoms with E-state index in [4.69, 9.17) is 10.4 Å². The molecule has 2 aromatic carbocycles. The Balaban J connectivity index is 0.000000189. The molecule has 16 heteroatoms. The SMILES string of the molecule is C/C(=N/O)c1cccc(-c2ccc3cnn(-c4nc(C)cs4)c3c2)n1.CC(=O)c1cccc(-c2ccc3cnn(-c4nc(C)cs4)c3c2)n1.Cl.NO. The molecule has 4 N–H and O–H groups in total. The van der Waals surface area contributed by atoms with Gasteiger partial charge in [-0.3, -0.25) is 4.79 Å². The summed E-state index contributed by atoms with van der Waals surface area (Å²) in [6, 6.07) is 23.3. The van der Waals surface area contributed by atoms with Gasteiger partial charge in [-0.25, -0.2) is 35.2 Å². The first-order valence-corrected chi connectivity index (χ1v) is 17.2. The second kappa shape index (κ2) is 16.5. The average molecular weight is 753 g/mol. The molecule has 8 aromatic rings. The fourth-order valence-corrected chi connectivity index (χ4v) is 6.72. The molecule has 264 valence electrons. The summed E-state index contributed by atoms with van der Waals surface area (Å²) in [4.78, 5) is 29.6. The van der Waals surface area contributed by atoms with Crippen LogP contribution in [0, 0.1) is 13.8 Å². The van der Waals surface area contributed by atoms with E-state index in [1.807, 2.05) is 107 Å². The third-order valence-corrected chi connectivity index (χ3v) is 9.56. The molecule has 0 fully saturated rings. The molecular weight excluding hydrogens is 720 g/mol. The lowest BCUT2D eigenvalue weighted by Crippen LogP contribution is -1.99. The second-order valence-electron chi connectivity index (χ2n) is 11.3. The summed E-state index contributed by atoms with van der Waals surface area (Å²) in [5.74, 6) is 3.46. The molecule has 0 saturated heterocycles. The van der Waals surface area contributed by atoms with Crippen molar-refractivity contribution in [1.82, 2.24) is 39.5 Å². The topological polar surface area (TPSA) is 183 Å². The quantitative estimate of drug-likeness (QED) is 0.0654. The molecule has 0 aliphatic rings. The van der Waals surface area contributed by atoms with Crippen LogP contribution in [0.15, 0.2) is 101 Å². The van der Waals surface area contributed by atoms with Crippen LogP contribution in [0.5, 0.6) is 0 Å². The highest BCUT2D eigenvalue weighted by molar-refractivity contribution is 7.12. The minimum Gasteiger partial charge on any atom is -0.411 e. The maximum Gasteiger partial charge on any atom is 0.211 e. The van der Waals surface area contributed by atoms with Crippen molar-refractivity contribution < 1.29 is 15.2 Å². The maximum absolute atomic E-state index is 11.6. The van der Waals surface area contributed by atoms with Crippen molar-refractivity contribution >= 4 is 68.4 Å². The molecule has 6 aromatic heterocycles. The van der Waals surface area contributed by atoms with Gasteiger partial charge >= 0.3 is 0 Å². The van der Waals surface area contributed by atoms with Crippen molar-refractivity contribution in [2.45, 2.75) is 27.7 Å². The van der Waals surface area contributed by atoms with Gasteiger partial charge in [0.2, 0.25) is 10.3 Å². The van der Waals surface area contributed by atoms with Gasteiger partial charge in [-0.05, 0) is 57.2 Å². The molecule has 8 rings (SSSR count). The summed E-state index contributed by atoms with van der Waals surface area (Å²) in [5.41, 5.74) is 8.99. The van der Waals surface area contributed by atoms with Gasteiger partial charge in [-0.1, -0.05) is 41.6 Å². The number of halogens is 1. The molecular formula is C36H33ClN10O3S2. The Labute approximate surface area is 312 Å². The molecule has 0 aliphatic carbocycles. The van der Waals surface area contributed by atoms with E-state index < -0.39 is 0 Å². The zero-order valence-corrected chi connectivity index (χ0v) is 30.8. The first kappa shape index (κ1) is 37.5. The van der Waals surface area contributed by atoms with Gasteiger partial charge in [-0.15, -0.1) is 35.1 Å². The highest BCUT2D eigenvalue weighted by atomic mass is 35.5. The molecule has 0 spiro atoms. The van der Waals surface area contributed by atoms with Crippen LogP contribution >= 0.6 is 35.1 Å². The van der Waals surface area contributed by atoms with E-state index in [1.165, 1.54) is 6.92 Å². The molecule has 13 nitrogen and oxygen atoms in total. The molecule has 52 heavy (non-hydrogen) atoms. The summed E-state index contributed by atoms with van der Waals surface area (Å²) < 4.78 is 3.69. The van der Waals surface area contributed by atoms with Gasteiger partial charge in [-0.2, -0.15) is 10.2 Å². The van der Waals surface area contributed by atoms with Crippen molar-refractivity contribution in [2.24, 2.45) is 11.1 Å². The fourth-order valence-electron chi connectivity index (χ4n) is 5.18. The van der Waals surface area contributed by atoms with Crippen LogP contribution in [-0.2, 0) is 0 Å². The van der Waals surface area contributed by atoms with Gasteiger partial charge < -0.3 is 10.4 Å². The number of Topliss-reactive ketones (excluding diaryl/α,β-unsaturated/α-hetero) is 1. The van der Waals surface area contributed by atoms with Crippen LogP contribution in [0.2, 0.25) is 0 Å². The summed E-state index contributed by atoms with van der Waals surface area (Å²) in [5, 5.41) is 35.4. The monoisotopic (exact) mass is 752 g/mol. The van der Waals surface area contributed by atoms with Gasteiger partial charge in [0.15, 0.2) is 5.78 Å². The Morgan fingerprint density at radius 1 is 0.692 bits per heavy atom. The number of aromatic nitrogens is 8. The predicted molar refractivity (Wildman–Crippen MR) is 207 cm³/mol. The maximum atomic E-state index is 11.6. The van der Waals surface area contributed by atoms with Gasteiger partial charge in [0.1, 0.15) is 11.4 Å². The van der Waals surface area contributed by atoms with E-state index in [0.717, 1.165) is 66.0 Å². The Kier molecular flexibility index (Phi) is 11.9. The number of pyridine rings is 2. The molecule has 0 aliphatic heterocycles. The average Bonchev–Trinajstić information content (AvgIpc) is 3.98. The number of carbonyl (C=O) groups excluding carboxylic acids is 1. The fraction of sp³-hybridized carbons (Fsp3) is 0.111. The number of thiazole rings is 2. The zero-order valence-electron chi connectivity index (χ0n) is 28.4. The van der Waals surface area contributed by atoms with Crippen molar-refractivity contribution in [3.63, 3.8) is 0 Å². The van der Waals surface area contributed by atoms with E-state index in [-0.39, 0.29) is 18.2 Å². The Bertz CT molecular complexity index is 2520. The first-order valence-electron chi connectivity index (χ1n) is 15.5. The lowest BCUT2D eigenvalue weighted by Gasteiger charge is -2.05. The predicted octanol–water partition coefficient (Wildman–Crippen LogP) is 7.86. The van der Waals surface area contributed by atoms with Crippen molar-refractivity contribution in [2.75, 3.05) is 0 Å². The van der Waals surface area contributed by atoms with Gasteiger partial charge in [0.25, 0.3) is 0 Å². The Morgan fingerprint density at radius 2 is 1.15 bits per heavy atom. The minimum atomic E-state index is -0.0405. The van der Waals surface area contributed by atoms with E-state index in [1.54, 1.807) is 35.7 Å². The molecule has 0 saturated carbocycles. The van der Waals surface area contributed by atoms with Crippen LogP contribution in [0.3, 0.4) is 0 Å². The van der Waals surface area contributed by atoms with Crippen LogP contribution in [-0.4, -0.2) is 61.4 Å². The number of nitrogens with two attached hydrogens (primary N) is 1. The number of rotatable bonds is 6. The van der Waals surface area contributed by atoms with Crippen LogP contribution in [0.4, 0.5) is 0 Å². The number of carbonyl (C=O) groups is 1. The number of oxime groups is 1. The second-order valence-corrected chi connectivity index (χ2v) is 12.9. The summed E-state index contributed by atoms with van der Waals surface area (Å²) in [6.07, 6.45) is 3.66. The van der Waals surface area contributed by atoms with Crippen LogP contribution in [0.25, 0.3) is 54.6 Å². The highest BCUT2D eigenvalue weighted by Crippen LogP contribution is 2.28. The molecule has 0 atom stereocenters. The normalized spacial score (nSPS) is 11.0. The lowest BCUT2D eigenvalue weighted by atomic mass is 10.1. The van der Waals surface area contributed by atoms with Crippen molar-refractivity contribution in [3.8, 4) is 32.8 Å². The molecule has 0 bridgehead atoms. The number of nitrogens with zero attached hydrogens (tertiary/aromatic N) is 9. The van der Waals surface area contributed by atoms with E-state index >= 15 is 0 Å². The summed E-state index contributed by atoms with van der Waals surface area (Å²) in [7, 11) is 0. The number of benzene rings is 2. The molecule has 0 amide bonds. The number of hydrogen-bond donors (Lipinski definition) is 3. The summed E-state index contributed by atoms with van der Waals surface area (Å²) >= 11 is 3.12. The molecule has 0 unspecified atom stereocenters. The van der Waals surface area contributed by atoms with E-state index in [2.05, 4.69) is 47.3 Å². The first-order chi connectivity index (χ1) is 24.8. The van der Waals surface area contributed by atoms with Gasteiger partial charge in [0.05, 0.1) is 51.9 Å².